The van der Waals surface area contributed by atoms with Crippen molar-refractivity contribution in [1.29, 1.82) is 0 Å². The molecule has 142 valence electrons. The molecule has 0 spiro atoms. The number of hydrogen-bond donors (Lipinski definition) is 0. The molecular formula is C19H18O8. The average molecular weight is 374 g/mol. The maximum atomic E-state index is 12.0. The normalized spacial score (nSPS) is 10.9. The Kier molecular flexibility index (Phi) is 6.37. The molecule has 8 nitrogen and oxygen atoms in total. The molecule has 1 aromatic heterocycles. The number of methoxy groups -OCH3 is 4. The van der Waals surface area contributed by atoms with Crippen molar-refractivity contribution in [3.8, 4) is 22.8 Å². The van der Waals surface area contributed by atoms with Crippen molar-refractivity contribution in [3.05, 3.63) is 41.7 Å². The van der Waals surface area contributed by atoms with Gasteiger partial charge in [0.05, 0.1) is 28.4 Å². The number of aldehydes is 1. The number of benzene rings is 1. The Morgan fingerprint density at radius 3 is 2.19 bits per heavy atom. The summed E-state index contributed by atoms with van der Waals surface area (Å²) in [5, 5.41) is 0. The topological polar surface area (TPSA) is 101 Å². The van der Waals surface area contributed by atoms with Crippen molar-refractivity contribution >= 4 is 23.8 Å². The minimum Gasteiger partial charge on any atom is -0.493 e. The molecule has 0 N–H and O–H groups in total. The van der Waals surface area contributed by atoms with Gasteiger partial charge in [-0.05, 0) is 24.3 Å². The Labute approximate surface area is 155 Å². The van der Waals surface area contributed by atoms with Gasteiger partial charge in [-0.25, -0.2) is 9.59 Å². The van der Waals surface area contributed by atoms with Crippen LogP contribution < -0.4 is 9.47 Å². The maximum Gasteiger partial charge on any atom is 0.341 e. The summed E-state index contributed by atoms with van der Waals surface area (Å²) in [6.07, 6.45) is 1.61. The van der Waals surface area contributed by atoms with Gasteiger partial charge in [0.2, 0.25) is 0 Å². The first kappa shape index (κ1) is 19.8. The minimum atomic E-state index is -0.774. The Balaban J connectivity index is 2.56. The molecule has 0 radical (unpaired) electrons. The predicted octanol–water partition coefficient (Wildman–Crippen LogP) is 2.51. The molecule has 27 heavy (non-hydrogen) atoms. The van der Waals surface area contributed by atoms with Crippen LogP contribution in [-0.2, 0) is 19.1 Å². The van der Waals surface area contributed by atoms with Gasteiger partial charge in [0.1, 0.15) is 17.1 Å². The van der Waals surface area contributed by atoms with Crippen LogP contribution in [0.25, 0.3) is 16.9 Å². The van der Waals surface area contributed by atoms with E-state index >= 15 is 0 Å². The molecule has 0 saturated heterocycles. The van der Waals surface area contributed by atoms with E-state index in [0.29, 0.717) is 28.9 Å². The van der Waals surface area contributed by atoms with Crippen molar-refractivity contribution < 1.29 is 37.7 Å². The molecule has 0 saturated carbocycles. The second kappa shape index (κ2) is 8.70. The fourth-order valence-electron chi connectivity index (χ4n) is 2.35. The molecule has 2 rings (SSSR count). The summed E-state index contributed by atoms with van der Waals surface area (Å²) in [7, 11) is 5.28. The second-order valence-electron chi connectivity index (χ2n) is 5.15. The van der Waals surface area contributed by atoms with Crippen LogP contribution in [0.2, 0.25) is 0 Å². The molecule has 0 aliphatic heterocycles. The van der Waals surface area contributed by atoms with E-state index in [2.05, 4.69) is 9.47 Å². The summed E-state index contributed by atoms with van der Waals surface area (Å²) in [6, 6.07) is 6.12. The van der Waals surface area contributed by atoms with Gasteiger partial charge in [0.25, 0.3) is 0 Å². The van der Waals surface area contributed by atoms with Gasteiger partial charge in [0, 0.05) is 17.2 Å². The third kappa shape index (κ3) is 4.17. The smallest absolute Gasteiger partial charge is 0.341 e. The van der Waals surface area contributed by atoms with E-state index in [0.717, 1.165) is 6.08 Å². The standard InChI is InChI=1S/C19H18O8/c1-23-16-7-11(10-20)12(8-17(16)24-2)14-5-6-15(27-14)13(19(22)26-4)9-18(21)25-3/h5-10H,1-4H3/b13-9-. The number of hydrogen-bond acceptors (Lipinski definition) is 8. The third-order valence-corrected chi connectivity index (χ3v) is 3.69. The number of esters is 2. The van der Waals surface area contributed by atoms with Gasteiger partial charge in [0.15, 0.2) is 17.8 Å². The lowest BCUT2D eigenvalue weighted by Crippen LogP contribution is -2.06. The van der Waals surface area contributed by atoms with E-state index < -0.39 is 11.9 Å². The summed E-state index contributed by atoms with van der Waals surface area (Å²) in [5.41, 5.74) is 0.602. The highest BCUT2D eigenvalue weighted by molar-refractivity contribution is 6.19. The summed E-state index contributed by atoms with van der Waals surface area (Å²) < 4.78 is 25.3. The molecule has 0 aliphatic carbocycles. The van der Waals surface area contributed by atoms with E-state index in [1.807, 2.05) is 0 Å². The zero-order chi connectivity index (χ0) is 20.0. The third-order valence-electron chi connectivity index (χ3n) is 3.69. The van der Waals surface area contributed by atoms with Crippen LogP contribution in [0.15, 0.2) is 34.8 Å². The lowest BCUT2D eigenvalue weighted by atomic mass is 10.1. The molecule has 1 aromatic carbocycles. The van der Waals surface area contributed by atoms with E-state index in [1.165, 1.54) is 40.6 Å². The minimum absolute atomic E-state index is 0.0777. The van der Waals surface area contributed by atoms with Gasteiger partial charge in [-0.3, -0.25) is 4.79 Å². The predicted molar refractivity (Wildman–Crippen MR) is 94.6 cm³/mol. The molecule has 0 fully saturated rings. The Morgan fingerprint density at radius 1 is 0.963 bits per heavy atom. The molecule has 0 unspecified atom stereocenters. The highest BCUT2D eigenvalue weighted by Gasteiger charge is 2.21. The Hall–Kier alpha value is -3.55. The molecule has 1 heterocycles. The highest BCUT2D eigenvalue weighted by atomic mass is 16.5. The van der Waals surface area contributed by atoms with Crippen molar-refractivity contribution in [2.24, 2.45) is 0 Å². The van der Waals surface area contributed by atoms with Crippen LogP contribution in [0.5, 0.6) is 11.5 Å². The zero-order valence-electron chi connectivity index (χ0n) is 15.2. The van der Waals surface area contributed by atoms with Crippen LogP contribution in [0, 0.1) is 0 Å². The van der Waals surface area contributed by atoms with Crippen LogP contribution >= 0.6 is 0 Å². The quantitative estimate of drug-likeness (QED) is 0.414. The van der Waals surface area contributed by atoms with Crippen molar-refractivity contribution in [3.63, 3.8) is 0 Å². The van der Waals surface area contributed by atoms with Gasteiger partial charge < -0.3 is 23.4 Å². The molecular weight excluding hydrogens is 356 g/mol. The molecule has 0 amide bonds. The number of carbonyl (C=O) groups is 3. The summed E-state index contributed by atoms with van der Waals surface area (Å²) in [5.74, 6) is -0.371. The fraction of sp³-hybridized carbons (Fsp3) is 0.211. The summed E-state index contributed by atoms with van der Waals surface area (Å²) >= 11 is 0. The van der Waals surface area contributed by atoms with Gasteiger partial charge in [-0.15, -0.1) is 0 Å². The number of rotatable bonds is 7. The van der Waals surface area contributed by atoms with Crippen molar-refractivity contribution in [2.45, 2.75) is 0 Å². The van der Waals surface area contributed by atoms with Gasteiger partial charge in [-0.1, -0.05) is 0 Å². The Bertz CT molecular complexity index is 891. The van der Waals surface area contributed by atoms with Crippen LogP contribution in [0.4, 0.5) is 0 Å². The van der Waals surface area contributed by atoms with E-state index in [4.69, 9.17) is 13.9 Å². The van der Waals surface area contributed by atoms with Crippen LogP contribution in [0.1, 0.15) is 16.1 Å². The van der Waals surface area contributed by atoms with Gasteiger partial charge >= 0.3 is 11.9 Å². The summed E-state index contributed by atoms with van der Waals surface area (Å²) in [6.45, 7) is 0. The number of ether oxygens (including phenoxy) is 4. The first-order chi connectivity index (χ1) is 13.0. The molecule has 0 bridgehead atoms. The largest absolute Gasteiger partial charge is 0.493 e. The maximum absolute atomic E-state index is 12.0. The molecule has 0 aliphatic rings. The van der Waals surface area contributed by atoms with E-state index in [1.54, 1.807) is 12.1 Å². The monoisotopic (exact) mass is 374 g/mol. The van der Waals surface area contributed by atoms with E-state index in [-0.39, 0.29) is 17.1 Å². The first-order valence-electron chi connectivity index (χ1n) is 7.68. The molecule has 8 heteroatoms. The Morgan fingerprint density at radius 2 is 1.63 bits per heavy atom. The van der Waals surface area contributed by atoms with Gasteiger partial charge in [-0.2, -0.15) is 0 Å². The fourth-order valence-corrected chi connectivity index (χ4v) is 2.35. The second-order valence-corrected chi connectivity index (χ2v) is 5.15. The first-order valence-corrected chi connectivity index (χ1v) is 7.68. The number of furan rings is 1. The SMILES string of the molecule is COC(=O)/C=C(\C(=O)OC)c1ccc(-c2cc(OC)c(OC)cc2C=O)o1. The van der Waals surface area contributed by atoms with Crippen molar-refractivity contribution in [2.75, 3.05) is 28.4 Å². The van der Waals surface area contributed by atoms with Crippen molar-refractivity contribution in [1.82, 2.24) is 0 Å². The van der Waals surface area contributed by atoms with Crippen LogP contribution in [0.3, 0.4) is 0 Å². The molecule has 2 aromatic rings. The molecule has 0 atom stereocenters. The average Bonchev–Trinajstić information content (AvgIpc) is 3.19. The summed E-state index contributed by atoms with van der Waals surface area (Å²) in [4.78, 5) is 35.0. The zero-order valence-corrected chi connectivity index (χ0v) is 15.2. The lowest BCUT2D eigenvalue weighted by molar-refractivity contribution is -0.136. The lowest BCUT2D eigenvalue weighted by Gasteiger charge is -2.11. The number of carbonyl (C=O) groups excluding carboxylic acids is 3. The van der Waals surface area contributed by atoms with Crippen LogP contribution in [-0.4, -0.2) is 46.7 Å². The highest BCUT2D eigenvalue weighted by Crippen LogP contribution is 2.36. The van der Waals surface area contributed by atoms with E-state index in [9.17, 15) is 14.4 Å².